The average Bonchev–Trinajstić information content (AvgIpc) is 3.24. The third-order valence-corrected chi connectivity index (χ3v) is 2.70. The normalized spacial score (nSPS) is 24.3. The highest BCUT2D eigenvalue weighted by molar-refractivity contribution is 4.71. The van der Waals surface area contributed by atoms with Gasteiger partial charge in [-0.2, -0.15) is 0 Å². The van der Waals surface area contributed by atoms with E-state index in [2.05, 4.69) is 13.8 Å². The molecule has 2 heterocycles. The molecular weight excluding hydrogens is 232 g/mol. The fraction of sp³-hybridized carbons (Fsp3) is 1.00. The summed E-state index contributed by atoms with van der Waals surface area (Å²) in [5, 5.41) is 0. The standard InChI is InChI=1S/C8H18O.C6H10O3/c1-3-5-7-9-8-6-4-2;1(5-3-8-5)7-2-6-4-9-6/h3-8H2,1-2H3;5-6H,1-4H2. The Morgan fingerprint density at radius 1 is 0.833 bits per heavy atom. The van der Waals surface area contributed by atoms with E-state index in [4.69, 9.17) is 18.9 Å². The molecule has 0 amide bonds. The molecule has 2 aliphatic heterocycles. The van der Waals surface area contributed by atoms with Crippen molar-refractivity contribution in [1.29, 1.82) is 0 Å². The van der Waals surface area contributed by atoms with Crippen LogP contribution in [0.4, 0.5) is 0 Å². The van der Waals surface area contributed by atoms with Crippen LogP contribution in [0.15, 0.2) is 0 Å². The highest BCUT2D eigenvalue weighted by atomic mass is 16.6. The fourth-order valence-electron chi connectivity index (χ4n) is 1.25. The molecule has 0 aromatic carbocycles. The van der Waals surface area contributed by atoms with Crippen molar-refractivity contribution in [2.45, 2.75) is 51.7 Å². The lowest BCUT2D eigenvalue weighted by molar-refractivity contribution is 0.102. The molecule has 2 rings (SSSR count). The topological polar surface area (TPSA) is 43.5 Å². The summed E-state index contributed by atoms with van der Waals surface area (Å²) in [5.74, 6) is 0. The Bertz CT molecular complexity index is 161. The summed E-state index contributed by atoms with van der Waals surface area (Å²) >= 11 is 0. The summed E-state index contributed by atoms with van der Waals surface area (Å²) in [7, 11) is 0. The molecule has 0 aromatic rings. The van der Waals surface area contributed by atoms with Gasteiger partial charge in [0.25, 0.3) is 0 Å². The van der Waals surface area contributed by atoms with E-state index in [1.165, 1.54) is 25.7 Å². The van der Waals surface area contributed by atoms with E-state index in [1.807, 2.05) is 0 Å². The minimum absolute atomic E-state index is 0.392. The molecule has 4 nitrogen and oxygen atoms in total. The Balaban J connectivity index is 0.000000180. The Kier molecular flexibility index (Phi) is 9.48. The van der Waals surface area contributed by atoms with Crippen LogP contribution in [0.25, 0.3) is 0 Å². The molecule has 0 aromatic heterocycles. The van der Waals surface area contributed by atoms with E-state index in [1.54, 1.807) is 0 Å². The Morgan fingerprint density at radius 3 is 1.61 bits per heavy atom. The van der Waals surface area contributed by atoms with Crippen molar-refractivity contribution in [2.75, 3.05) is 39.6 Å². The molecule has 0 aliphatic carbocycles. The summed E-state index contributed by atoms with van der Waals surface area (Å²) in [5.41, 5.74) is 0. The summed E-state index contributed by atoms with van der Waals surface area (Å²) in [6, 6.07) is 0. The largest absolute Gasteiger partial charge is 0.381 e. The van der Waals surface area contributed by atoms with Crippen molar-refractivity contribution < 1.29 is 18.9 Å². The Morgan fingerprint density at radius 2 is 1.28 bits per heavy atom. The molecule has 0 bridgehead atoms. The molecule has 0 saturated carbocycles. The molecule has 0 spiro atoms. The molecule has 108 valence electrons. The maximum atomic E-state index is 5.31. The molecule has 2 fully saturated rings. The Hall–Kier alpha value is -0.160. The molecule has 2 saturated heterocycles. The quantitative estimate of drug-likeness (QED) is 0.447. The number of epoxide rings is 2. The first kappa shape index (κ1) is 15.9. The van der Waals surface area contributed by atoms with Crippen molar-refractivity contribution in [1.82, 2.24) is 0 Å². The molecular formula is C14H28O4. The van der Waals surface area contributed by atoms with Crippen LogP contribution in [0.3, 0.4) is 0 Å². The number of hydrogen-bond donors (Lipinski definition) is 0. The second-order valence-corrected chi connectivity index (χ2v) is 4.77. The van der Waals surface area contributed by atoms with Gasteiger partial charge in [0.15, 0.2) is 0 Å². The van der Waals surface area contributed by atoms with E-state index in [-0.39, 0.29) is 0 Å². The summed E-state index contributed by atoms with van der Waals surface area (Å²) in [6.45, 7) is 9.54. The molecule has 0 radical (unpaired) electrons. The van der Waals surface area contributed by atoms with E-state index in [0.29, 0.717) is 12.2 Å². The van der Waals surface area contributed by atoms with Gasteiger partial charge in [0.05, 0.1) is 26.4 Å². The van der Waals surface area contributed by atoms with Gasteiger partial charge in [0.1, 0.15) is 12.2 Å². The second kappa shape index (κ2) is 10.7. The lowest BCUT2D eigenvalue weighted by atomic mass is 10.3. The Labute approximate surface area is 111 Å². The van der Waals surface area contributed by atoms with Gasteiger partial charge in [-0.15, -0.1) is 0 Å². The van der Waals surface area contributed by atoms with Gasteiger partial charge >= 0.3 is 0 Å². The summed E-state index contributed by atoms with van der Waals surface area (Å²) in [4.78, 5) is 0. The zero-order valence-corrected chi connectivity index (χ0v) is 11.9. The first-order chi connectivity index (χ1) is 8.86. The molecule has 2 aliphatic rings. The lowest BCUT2D eigenvalue weighted by Crippen LogP contribution is -2.06. The van der Waals surface area contributed by atoms with E-state index < -0.39 is 0 Å². The van der Waals surface area contributed by atoms with Crippen LogP contribution >= 0.6 is 0 Å². The van der Waals surface area contributed by atoms with Gasteiger partial charge in [0.2, 0.25) is 0 Å². The van der Waals surface area contributed by atoms with Crippen molar-refractivity contribution in [3.05, 3.63) is 0 Å². The third-order valence-electron chi connectivity index (χ3n) is 2.70. The fourth-order valence-corrected chi connectivity index (χ4v) is 1.25. The van der Waals surface area contributed by atoms with Crippen LogP contribution in [-0.2, 0) is 18.9 Å². The molecule has 18 heavy (non-hydrogen) atoms. The van der Waals surface area contributed by atoms with Crippen LogP contribution in [-0.4, -0.2) is 51.8 Å². The first-order valence-electron chi connectivity index (χ1n) is 7.25. The zero-order valence-electron chi connectivity index (χ0n) is 11.9. The molecule has 4 heteroatoms. The summed E-state index contributed by atoms with van der Waals surface area (Å²) in [6.07, 6.45) is 5.69. The first-order valence-corrected chi connectivity index (χ1v) is 7.25. The minimum atomic E-state index is 0.392. The minimum Gasteiger partial charge on any atom is -0.381 e. The molecule has 0 N–H and O–H groups in total. The van der Waals surface area contributed by atoms with Crippen molar-refractivity contribution >= 4 is 0 Å². The van der Waals surface area contributed by atoms with Gasteiger partial charge < -0.3 is 18.9 Å². The van der Waals surface area contributed by atoms with Crippen LogP contribution < -0.4 is 0 Å². The van der Waals surface area contributed by atoms with E-state index in [9.17, 15) is 0 Å². The van der Waals surface area contributed by atoms with Crippen LogP contribution in [0.2, 0.25) is 0 Å². The number of rotatable bonds is 10. The van der Waals surface area contributed by atoms with Crippen molar-refractivity contribution in [3.8, 4) is 0 Å². The monoisotopic (exact) mass is 260 g/mol. The second-order valence-electron chi connectivity index (χ2n) is 4.77. The van der Waals surface area contributed by atoms with Gasteiger partial charge in [-0.3, -0.25) is 0 Å². The third kappa shape index (κ3) is 11.0. The van der Waals surface area contributed by atoms with Gasteiger partial charge in [0, 0.05) is 13.2 Å². The van der Waals surface area contributed by atoms with Gasteiger partial charge in [-0.05, 0) is 12.8 Å². The maximum Gasteiger partial charge on any atom is 0.104 e. The van der Waals surface area contributed by atoms with E-state index >= 15 is 0 Å². The van der Waals surface area contributed by atoms with Crippen LogP contribution in [0.1, 0.15) is 39.5 Å². The summed E-state index contributed by atoms with van der Waals surface area (Å²) < 4.78 is 20.4. The van der Waals surface area contributed by atoms with Crippen LogP contribution in [0, 0.1) is 0 Å². The maximum absolute atomic E-state index is 5.31. The number of unbranched alkanes of at least 4 members (excludes halogenated alkanes) is 2. The molecule has 2 unspecified atom stereocenters. The predicted octanol–water partition coefficient (Wildman–Crippen LogP) is 2.40. The zero-order chi connectivity index (χ0) is 13.1. The van der Waals surface area contributed by atoms with Crippen LogP contribution in [0.5, 0.6) is 0 Å². The smallest absolute Gasteiger partial charge is 0.104 e. The van der Waals surface area contributed by atoms with Gasteiger partial charge in [-0.1, -0.05) is 26.7 Å². The van der Waals surface area contributed by atoms with Crippen molar-refractivity contribution in [2.24, 2.45) is 0 Å². The average molecular weight is 260 g/mol. The highest BCUT2D eigenvalue weighted by Gasteiger charge is 2.26. The molecule has 2 atom stereocenters. The number of hydrogen-bond acceptors (Lipinski definition) is 4. The van der Waals surface area contributed by atoms with Crippen molar-refractivity contribution in [3.63, 3.8) is 0 Å². The predicted molar refractivity (Wildman–Crippen MR) is 70.9 cm³/mol. The van der Waals surface area contributed by atoms with Gasteiger partial charge in [-0.25, -0.2) is 0 Å². The highest BCUT2D eigenvalue weighted by Crippen LogP contribution is 2.12. The van der Waals surface area contributed by atoms with E-state index in [0.717, 1.165) is 39.6 Å². The number of ether oxygens (including phenoxy) is 4. The lowest BCUT2D eigenvalue weighted by Gasteiger charge is -1.99. The SMILES string of the molecule is C(OCC1CO1)C1CO1.CCCCOCCCC.